The van der Waals surface area contributed by atoms with Gasteiger partial charge in [-0.3, -0.25) is 4.90 Å². The Labute approximate surface area is 145 Å². The van der Waals surface area contributed by atoms with E-state index in [1.54, 1.807) is 0 Å². The first-order valence-corrected chi connectivity index (χ1v) is 9.23. The number of hydrogen-bond acceptors (Lipinski definition) is 2. The summed E-state index contributed by atoms with van der Waals surface area (Å²) in [6, 6.07) is 20.2. The van der Waals surface area contributed by atoms with E-state index < -0.39 is 5.60 Å². The minimum Gasteiger partial charge on any atom is -0.385 e. The molecular weight excluding hydrogens is 294 g/mol. The smallest absolute Gasteiger partial charge is 0.0926 e. The van der Waals surface area contributed by atoms with Crippen LogP contribution in [-0.2, 0) is 12.1 Å². The third kappa shape index (κ3) is 3.01. The van der Waals surface area contributed by atoms with Gasteiger partial charge >= 0.3 is 0 Å². The standard InChI is InChI=1S/C22H27NO/c1-17-10-12-19(13-11-17)22(24)14-20-8-5-9-21(15-22)23(20)16-18-6-3-2-4-7-18/h2-4,6-7,10-13,20-21,24H,5,8-9,14-16H2,1H3. The minimum absolute atomic E-state index is 0.490. The van der Waals surface area contributed by atoms with Crippen LogP contribution in [-0.4, -0.2) is 22.1 Å². The number of benzene rings is 2. The van der Waals surface area contributed by atoms with E-state index in [9.17, 15) is 5.11 Å². The van der Waals surface area contributed by atoms with Crippen molar-refractivity contribution in [1.29, 1.82) is 0 Å². The number of aryl methyl sites for hydroxylation is 1. The zero-order valence-corrected chi connectivity index (χ0v) is 14.5. The van der Waals surface area contributed by atoms with Gasteiger partial charge in [0.1, 0.15) is 0 Å². The lowest BCUT2D eigenvalue weighted by Gasteiger charge is -2.52. The van der Waals surface area contributed by atoms with Crippen molar-refractivity contribution in [3.05, 3.63) is 71.3 Å². The van der Waals surface area contributed by atoms with Gasteiger partial charge in [0.05, 0.1) is 5.60 Å². The maximum Gasteiger partial charge on any atom is 0.0926 e. The lowest BCUT2D eigenvalue weighted by molar-refractivity contribution is -0.0999. The third-order valence-electron chi connectivity index (χ3n) is 5.96. The Hall–Kier alpha value is -1.64. The second-order valence-corrected chi connectivity index (χ2v) is 7.70. The summed E-state index contributed by atoms with van der Waals surface area (Å²) in [5, 5.41) is 11.4. The van der Waals surface area contributed by atoms with Crippen LogP contribution in [0.1, 0.15) is 48.8 Å². The molecule has 4 rings (SSSR count). The van der Waals surface area contributed by atoms with E-state index in [0.717, 1.165) is 24.9 Å². The molecule has 126 valence electrons. The average molecular weight is 321 g/mol. The van der Waals surface area contributed by atoms with Crippen molar-refractivity contribution in [3.63, 3.8) is 0 Å². The van der Waals surface area contributed by atoms with Gasteiger partial charge in [0, 0.05) is 18.6 Å². The maximum atomic E-state index is 11.4. The molecule has 2 nitrogen and oxygen atoms in total. The molecule has 0 aliphatic carbocycles. The highest BCUT2D eigenvalue weighted by Crippen LogP contribution is 2.44. The molecule has 2 aromatic carbocycles. The molecule has 0 saturated carbocycles. The molecule has 2 aliphatic rings. The summed E-state index contributed by atoms with van der Waals surface area (Å²) in [5.74, 6) is 0. The van der Waals surface area contributed by atoms with Crippen LogP contribution >= 0.6 is 0 Å². The highest BCUT2D eigenvalue weighted by atomic mass is 16.3. The summed E-state index contributed by atoms with van der Waals surface area (Å²) >= 11 is 0. The van der Waals surface area contributed by atoms with Gasteiger partial charge in [0.2, 0.25) is 0 Å². The van der Waals surface area contributed by atoms with Gasteiger partial charge in [-0.1, -0.05) is 66.6 Å². The van der Waals surface area contributed by atoms with Crippen molar-refractivity contribution in [2.45, 2.75) is 63.3 Å². The van der Waals surface area contributed by atoms with Crippen LogP contribution in [0.5, 0.6) is 0 Å². The van der Waals surface area contributed by atoms with Crippen molar-refractivity contribution in [1.82, 2.24) is 4.90 Å². The number of aliphatic hydroxyl groups is 1. The van der Waals surface area contributed by atoms with Crippen LogP contribution in [0, 0.1) is 6.92 Å². The van der Waals surface area contributed by atoms with Crippen LogP contribution in [0.2, 0.25) is 0 Å². The summed E-state index contributed by atoms with van der Waals surface area (Å²) in [6.45, 7) is 3.12. The third-order valence-corrected chi connectivity index (χ3v) is 5.96. The van der Waals surface area contributed by atoms with Gasteiger partial charge in [0.15, 0.2) is 0 Å². The van der Waals surface area contributed by atoms with E-state index >= 15 is 0 Å². The normalized spacial score (nSPS) is 30.2. The Morgan fingerprint density at radius 3 is 2.21 bits per heavy atom. The topological polar surface area (TPSA) is 23.5 Å². The van der Waals surface area contributed by atoms with E-state index in [4.69, 9.17) is 0 Å². The quantitative estimate of drug-likeness (QED) is 0.906. The molecule has 0 spiro atoms. The first-order valence-electron chi connectivity index (χ1n) is 9.23. The summed E-state index contributed by atoms with van der Waals surface area (Å²) in [4.78, 5) is 2.65. The molecule has 0 aromatic heterocycles. The maximum absolute atomic E-state index is 11.4. The predicted molar refractivity (Wildman–Crippen MR) is 97.7 cm³/mol. The Balaban J connectivity index is 1.57. The molecule has 2 heteroatoms. The first kappa shape index (κ1) is 15.9. The lowest BCUT2D eigenvalue weighted by Crippen LogP contribution is -2.56. The lowest BCUT2D eigenvalue weighted by atomic mass is 9.72. The molecule has 2 atom stereocenters. The van der Waals surface area contributed by atoms with Gasteiger partial charge in [-0.05, 0) is 43.7 Å². The average Bonchev–Trinajstić information content (AvgIpc) is 2.57. The fourth-order valence-electron chi connectivity index (χ4n) is 4.67. The van der Waals surface area contributed by atoms with Crippen LogP contribution in [0.4, 0.5) is 0 Å². The molecule has 2 unspecified atom stereocenters. The van der Waals surface area contributed by atoms with Crippen molar-refractivity contribution in [2.75, 3.05) is 0 Å². The molecule has 2 aromatic rings. The van der Waals surface area contributed by atoms with Gasteiger partial charge in [-0.2, -0.15) is 0 Å². The first-order chi connectivity index (χ1) is 11.6. The van der Waals surface area contributed by atoms with E-state index in [1.165, 1.54) is 30.4 Å². The van der Waals surface area contributed by atoms with Crippen LogP contribution in [0.3, 0.4) is 0 Å². The Kier molecular flexibility index (Phi) is 4.19. The van der Waals surface area contributed by atoms with Gasteiger partial charge in [-0.15, -0.1) is 0 Å². The van der Waals surface area contributed by atoms with E-state index in [1.807, 2.05) is 0 Å². The molecule has 24 heavy (non-hydrogen) atoms. The Bertz CT molecular complexity index is 665. The molecule has 2 bridgehead atoms. The second-order valence-electron chi connectivity index (χ2n) is 7.70. The molecule has 0 radical (unpaired) electrons. The van der Waals surface area contributed by atoms with Gasteiger partial charge in [-0.25, -0.2) is 0 Å². The highest BCUT2D eigenvalue weighted by molar-refractivity contribution is 5.28. The number of nitrogens with zero attached hydrogens (tertiary/aromatic N) is 1. The second kappa shape index (κ2) is 6.34. The highest BCUT2D eigenvalue weighted by Gasteiger charge is 2.46. The number of hydrogen-bond donors (Lipinski definition) is 1. The van der Waals surface area contributed by atoms with Crippen molar-refractivity contribution < 1.29 is 5.11 Å². The molecule has 1 N–H and O–H groups in total. The number of fused-ring (bicyclic) bond motifs is 2. The van der Waals surface area contributed by atoms with Crippen LogP contribution in [0.25, 0.3) is 0 Å². The summed E-state index contributed by atoms with van der Waals surface area (Å²) in [7, 11) is 0. The van der Waals surface area contributed by atoms with Crippen molar-refractivity contribution >= 4 is 0 Å². The predicted octanol–water partition coefficient (Wildman–Crippen LogP) is 4.40. The fourth-order valence-corrected chi connectivity index (χ4v) is 4.67. The van der Waals surface area contributed by atoms with E-state index in [2.05, 4.69) is 66.4 Å². The summed E-state index contributed by atoms with van der Waals surface area (Å²) in [6.07, 6.45) is 5.43. The Morgan fingerprint density at radius 1 is 0.958 bits per heavy atom. The minimum atomic E-state index is -0.656. The molecule has 2 aliphatic heterocycles. The van der Waals surface area contributed by atoms with Crippen molar-refractivity contribution in [2.24, 2.45) is 0 Å². The van der Waals surface area contributed by atoms with Crippen LogP contribution in [0.15, 0.2) is 54.6 Å². The summed E-state index contributed by atoms with van der Waals surface area (Å²) in [5.41, 5.74) is 3.08. The van der Waals surface area contributed by atoms with Crippen LogP contribution < -0.4 is 0 Å². The van der Waals surface area contributed by atoms with Crippen molar-refractivity contribution in [3.8, 4) is 0 Å². The SMILES string of the molecule is Cc1ccc(C2(O)CC3CCCC(C2)N3Cc2ccccc2)cc1. The van der Waals surface area contributed by atoms with E-state index in [-0.39, 0.29) is 0 Å². The molecule has 2 fully saturated rings. The molecule has 2 heterocycles. The monoisotopic (exact) mass is 321 g/mol. The number of piperidine rings is 2. The zero-order valence-electron chi connectivity index (χ0n) is 14.5. The summed E-state index contributed by atoms with van der Waals surface area (Å²) < 4.78 is 0. The molecule has 2 saturated heterocycles. The largest absolute Gasteiger partial charge is 0.385 e. The molecular formula is C22H27NO. The zero-order chi connectivity index (χ0) is 16.6. The fraction of sp³-hybridized carbons (Fsp3) is 0.455. The number of rotatable bonds is 3. The Morgan fingerprint density at radius 2 is 1.58 bits per heavy atom. The van der Waals surface area contributed by atoms with Gasteiger partial charge < -0.3 is 5.11 Å². The van der Waals surface area contributed by atoms with Gasteiger partial charge in [0.25, 0.3) is 0 Å². The molecule has 0 amide bonds. The van der Waals surface area contributed by atoms with E-state index in [0.29, 0.717) is 12.1 Å².